The predicted molar refractivity (Wildman–Crippen MR) is 97.0 cm³/mol. The molecule has 0 aliphatic carbocycles. The molecule has 0 aliphatic rings. The second-order valence-electron chi connectivity index (χ2n) is 6.66. The number of aryl methyl sites for hydroxylation is 1. The number of aliphatic hydroxyl groups is 1. The molecule has 0 amide bonds. The van der Waals surface area contributed by atoms with E-state index in [1.165, 1.54) is 5.56 Å². The van der Waals surface area contributed by atoms with Gasteiger partial charge >= 0.3 is 0 Å². The van der Waals surface area contributed by atoms with Gasteiger partial charge in [0, 0.05) is 13.0 Å². The molecule has 1 atom stereocenters. The van der Waals surface area contributed by atoms with Crippen molar-refractivity contribution in [1.82, 2.24) is 9.55 Å². The molecule has 0 unspecified atom stereocenters. The fourth-order valence-electron chi connectivity index (χ4n) is 3.23. The molecular formula is C21H24N2O. The largest absolute Gasteiger partial charge is 0.374 e. The molecule has 0 saturated heterocycles. The molecule has 0 radical (unpaired) electrons. The van der Waals surface area contributed by atoms with Gasteiger partial charge in [0.25, 0.3) is 0 Å². The molecular weight excluding hydrogens is 296 g/mol. The molecule has 0 saturated carbocycles. The first-order valence-corrected chi connectivity index (χ1v) is 8.31. The molecule has 2 aromatic carbocycles. The van der Waals surface area contributed by atoms with Gasteiger partial charge < -0.3 is 9.67 Å². The van der Waals surface area contributed by atoms with Crippen molar-refractivity contribution in [2.24, 2.45) is 7.05 Å². The molecule has 3 nitrogen and oxygen atoms in total. The minimum atomic E-state index is -1.23. The van der Waals surface area contributed by atoms with E-state index < -0.39 is 5.60 Å². The summed E-state index contributed by atoms with van der Waals surface area (Å²) in [6.07, 6.45) is 1.79. The Bertz CT molecular complexity index is 819. The molecule has 0 fully saturated rings. The molecule has 0 aliphatic heterocycles. The summed E-state index contributed by atoms with van der Waals surface area (Å²) in [6.45, 7) is 6.27. The Morgan fingerprint density at radius 1 is 0.958 bits per heavy atom. The van der Waals surface area contributed by atoms with Crippen molar-refractivity contribution < 1.29 is 5.11 Å². The van der Waals surface area contributed by atoms with Crippen molar-refractivity contribution >= 4 is 0 Å². The Balaban J connectivity index is 2.25. The zero-order valence-electron chi connectivity index (χ0n) is 14.7. The second-order valence-corrected chi connectivity index (χ2v) is 6.66. The smallest absolute Gasteiger partial charge is 0.156 e. The molecule has 3 rings (SSSR count). The lowest BCUT2D eigenvalue weighted by molar-refractivity contribution is 0.117. The van der Waals surface area contributed by atoms with Gasteiger partial charge in [0.1, 0.15) is 5.82 Å². The highest BCUT2D eigenvalue weighted by atomic mass is 16.3. The van der Waals surface area contributed by atoms with Gasteiger partial charge in [0.05, 0.1) is 11.9 Å². The number of rotatable bonds is 4. The Kier molecular flexibility index (Phi) is 4.29. The van der Waals surface area contributed by atoms with Gasteiger partial charge in [-0.3, -0.25) is 0 Å². The molecule has 1 heterocycles. The summed E-state index contributed by atoms with van der Waals surface area (Å²) >= 11 is 0. The number of nitrogens with zero attached hydrogens (tertiary/aromatic N) is 2. The first kappa shape index (κ1) is 16.5. The van der Waals surface area contributed by atoms with E-state index in [9.17, 15) is 5.11 Å². The van der Waals surface area contributed by atoms with E-state index in [0.29, 0.717) is 5.92 Å². The zero-order valence-corrected chi connectivity index (χ0v) is 14.7. The van der Waals surface area contributed by atoms with Crippen molar-refractivity contribution in [2.75, 3.05) is 0 Å². The summed E-state index contributed by atoms with van der Waals surface area (Å²) in [5.74, 6) is 1.26. The van der Waals surface area contributed by atoms with Crippen LogP contribution in [-0.4, -0.2) is 14.7 Å². The maximum atomic E-state index is 11.8. The van der Waals surface area contributed by atoms with Crippen LogP contribution in [0.1, 0.15) is 48.0 Å². The Hall–Kier alpha value is -2.39. The normalized spacial score (nSPS) is 13.9. The molecule has 0 bridgehead atoms. The van der Waals surface area contributed by atoms with E-state index >= 15 is 0 Å². The van der Waals surface area contributed by atoms with E-state index in [2.05, 4.69) is 18.8 Å². The van der Waals surface area contributed by atoms with Crippen LogP contribution in [0, 0.1) is 6.92 Å². The number of imidazole rings is 1. The summed E-state index contributed by atoms with van der Waals surface area (Å²) in [5.41, 5.74) is 2.40. The minimum absolute atomic E-state index is 0.293. The first-order chi connectivity index (χ1) is 11.4. The van der Waals surface area contributed by atoms with Crippen LogP contribution in [0.5, 0.6) is 0 Å². The third-order valence-corrected chi connectivity index (χ3v) is 4.57. The summed E-state index contributed by atoms with van der Waals surface area (Å²) in [7, 11) is 1.97. The number of hydrogen-bond acceptors (Lipinski definition) is 2. The van der Waals surface area contributed by atoms with Gasteiger partial charge in [0.2, 0.25) is 0 Å². The lowest BCUT2D eigenvalue weighted by Crippen LogP contribution is -2.31. The van der Waals surface area contributed by atoms with Gasteiger partial charge in [0.15, 0.2) is 5.60 Å². The van der Waals surface area contributed by atoms with Crippen molar-refractivity contribution in [2.45, 2.75) is 32.3 Å². The van der Waals surface area contributed by atoms with E-state index in [0.717, 1.165) is 22.6 Å². The molecule has 24 heavy (non-hydrogen) atoms. The number of aromatic nitrogens is 2. The lowest BCUT2D eigenvalue weighted by Gasteiger charge is -2.30. The maximum absolute atomic E-state index is 11.8. The van der Waals surface area contributed by atoms with Crippen LogP contribution in [0.4, 0.5) is 0 Å². The molecule has 3 aromatic rings. The Morgan fingerprint density at radius 2 is 1.54 bits per heavy atom. The van der Waals surface area contributed by atoms with Crippen LogP contribution in [0.15, 0.2) is 60.8 Å². The van der Waals surface area contributed by atoms with Crippen LogP contribution in [0.3, 0.4) is 0 Å². The van der Waals surface area contributed by atoms with Crippen LogP contribution < -0.4 is 0 Å². The summed E-state index contributed by atoms with van der Waals surface area (Å²) in [6, 6.07) is 17.8. The zero-order chi connectivity index (χ0) is 17.3. The van der Waals surface area contributed by atoms with Gasteiger partial charge in [-0.25, -0.2) is 4.98 Å². The lowest BCUT2D eigenvalue weighted by atomic mass is 9.83. The molecule has 124 valence electrons. The molecule has 0 spiro atoms. The Morgan fingerprint density at radius 3 is 2.08 bits per heavy atom. The standard InChI is InChI=1S/C21H24N2O/c1-15(2)20-22-14-19(23(20)4)21(24,17-8-6-5-7-9-17)18-12-10-16(3)11-13-18/h5-15,24H,1-4H3/t21-/m1/s1. The third kappa shape index (κ3) is 2.65. The van der Waals surface area contributed by atoms with Gasteiger partial charge in [-0.2, -0.15) is 0 Å². The fourth-order valence-corrected chi connectivity index (χ4v) is 3.23. The van der Waals surface area contributed by atoms with Crippen molar-refractivity contribution in [3.05, 3.63) is 89.0 Å². The van der Waals surface area contributed by atoms with Crippen LogP contribution in [0.2, 0.25) is 0 Å². The number of benzene rings is 2. The number of hydrogen-bond donors (Lipinski definition) is 1. The summed E-state index contributed by atoms with van der Waals surface area (Å²) in [5, 5.41) is 11.8. The van der Waals surface area contributed by atoms with Crippen LogP contribution >= 0.6 is 0 Å². The van der Waals surface area contributed by atoms with E-state index in [1.54, 1.807) is 6.20 Å². The van der Waals surface area contributed by atoms with E-state index in [4.69, 9.17) is 0 Å². The average Bonchev–Trinajstić information content (AvgIpc) is 2.98. The van der Waals surface area contributed by atoms with Crippen LogP contribution in [0.25, 0.3) is 0 Å². The summed E-state index contributed by atoms with van der Waals surface area (Å²) in [4.78, 5) is 4.55. The first-order valence-electron chi connectivity index (χ1n) is 8.31. The van der Waals surface area contributed by atoms with Gasteiger partial charge in [-0.15, -0.1) is 0 Å². The van der Waals surface area contributed by atoms with Crippen molar-refractivity contribution in [1.29, 1.82) is 0 Å². The Labute approximate surface area is 143 Å². The monoisotopic (exact) mass is 320 g/mol. The van der Waals surface area contributed by atoms with Crippen molar-refractivity contribution in [3.8, 4) is 0 Å². The quantitative estimate of drug-likeness (QED) is 0.784. The molecule has 1 aromatic heterocycles. The SMILES string of the molecule is Cc1ccc([C@](O)(c2ccccc2)c2cnc(C(C)C)n2C)cc1. The van der Waals surface area contributed by atoms with E-state index in [1.807, 2.05) is 73.1 Å². The van der Waals surface area contributed by atoms with Gasteiger partial charge in [-0.05, 0) is 18.1 Å². The third-order valence-electron chi connectivity index (χ3n) is 4.57. The summed E-state index contributed by atoms with van der Waals surface area (Å²) < 4.78 is 2.01. The topological polar surface area (TPSA) is 38.1 Å². The van der Waals surface area contributed by atoms with Crippen LogP contribution in [-0.2, 0) is 12.6 Å². The highest BCUT2D eigenvalue weighted by molar-refractivity contribution is 5.45. The molecule has 1 N–H and O–H groups in total. The second kappa shape index (κ2) is 6.25. The fraction of sp³-hybridized carbons (Fsp3) is 0.286. The molecule has 3 heteroatoms. The maximum Gasteiger partial charge on any atom is 0.156 e. The highest BCUT2D eigenvalue weighted by Gasteiger charge is 2.37. The predicted octanol–water partition coefficient (Wildman–Crippen LogP) is 4.14. The van der Waals surface area contributed by atoms with Crippen molar-refractivity contribution in [3.63, 3.8) is 0 Å². The highest BCUT2D eigenvalue weighted by Crippen LogP contribution is 2.37. The van der Waals surface area contributed by atoms with Gasteiger partial charge in [-0.1, -0.05) is 74.0 Å². The average molecular weight is 320 g/mol. The van der Waals surface area contributed by atoms with E-state index in [-0.39, 0.29) is 0 Å². The minimum Gasteiger partial charge on any atom is -0.374 e.